The number of nitrogens with zero attached hydrogens (tertiary/aromatic N) is 2. The summed E-state index contributed by atoms with van der Waals surface area (Å²) in [7, 11) is 0. The monoisotopic (exact) mass is 253 g/mol. The van der Waals surface area contributed by atoms with Gasteiger partial charge in [-0.05, 0) is 24.6 Å². The summed E-state index contributed by atoms with van der Waals surface area (Å²) < 4.78 is 0. The SMILES string of the molecule is CCNC(N=C(N)N)=NCc1ccc(Cl)cc1. The molecule has 0 saturated heterocycles. The van der Waals surface area contributed by atoms with Gasteiger partial charge in [0.2, 0.25) is 5.96 Å². The molecule has 1 aromatic carbocycles. The van der Waals surface area contributed by atoms with Crippen LogP contribution in [-0.2, 0) is 6.54 Å². The van der Waals surface area contributed by atoms with Gasteiger partial charge in [-0.15, -0.1) is 0 Å². The third kappa shape index (κ3) is 5.21. The normalized spacial score (nSPS) is 11.1. The number of benzene rings is 1. The average molecular weight is 254 g/mol. The molecule has 0 aliphatic carbocycles. The highest BCUT2D eigenvalue weighted by molar-refractivity contribution is 6.30. The Balaban J connectivity index is 2.71. The molecule has 0 aromatic heterocycles. The molecule has 17 heavy (non-hydrogen) atoms. The molecule has 0 heterocycles. The predicted molar refractivity (Wildman–Crippen MR) is 72.1 cm³/mol. The van der Waals surface area contributed by atoms with Crippen LogP contribution in [0.15, 0.2) is 34.3 Å². The van der Waals surface area contributed by atoms with E-state index >= 15 is 0 Å². The molecule has 0 aliphatic rings. The lowest BCUT2D eigenvalue weighted by atomic mass is 10.2. The van der Waals surface area contributed by atoms with Crippen molar-refractivity contribution >= 4 is 23.5 Å². The zero-order valence-electron chi connectivity index (χ0n) is 9.65. The van der Waals surface area contributed by atoms with Crippen molar-refractivity contribution in [2.75, 3.05) is 6.54 Å². The van der Waals surface area contributed by atoms with Gasteiger partial charge in [-0.3, -0.25) is 0 Å². The number of hydrogen-bond donors (Lipinski definition) is 3. The highest BCUT2D eigenvalue weighted by Gasteiger charge is 1.96. The fourth-order valence-corrected chi connectivity index (χ4v) is 1.29. The van der Waals surface area contributed by atoms with Gasteiger partial charge in [0.15, 0.2) is 5.96 Å². The van der Waals surface area contributed by atoms with E-state index in [2.05, 4.69) is 15.3 Å². The molecule has 5 N–H and O–H groups in total. The molecule has 0 aliphatic heterocycles. The van der Waals surface area contributed by atoms with Gasteiger partial charge >= 0.3 is 0 Å². The van der Waals surface area contributed by atoms with Crippen LogP contribution in [0.1, 0.15) is 12.5 Å². The van der Waals surface area contributed by atoms with Crippen LogP contribution in [0.25, 0.3) is 0 Å². The summed E-state index contributed by atoms with van der Waals surface area (Å²) in [4.78, 5) is 8.15. The van der Waals surface area contributed by atoms with Crippen molar-refractivity contribution in [1.82, 2.24) is 5.32 Å². The molecule has 0 fully saturated rings. The highest BCUT2D eigenvalue weighted by Crippen LogP contribution is 2.10. The Hall–Kier alpha value is -1.75. The quantitative estimate of drug-likeness (QED) is 0.556. The van der Waals surface area contributed by atoms with Gasteiger partial charge in [0.05, 0.1) is 6.54 Å². The Morgan fingerprint density at radius 2 is 1.94 bits per heavy atom. The Morgan fingerprint density at radius 1 is 1.29 bits per heavy atom. The molecule has 0 bridgehead atoms. The fraction of sp³-hybridized carbons (Fsp3) is 0.273. The van der Waals surface area contributed by atoms with Crippen molar-refractivity contribution in [1.29, 1.82) is 0 Å². The zero-order chi connectivity index (χ0) is 12.7. The van der Waals surface area contributed by atoms with Crippen LogP contribution in [0, 0.1) is 0 Å². The van der Waals surface area contributed by atoms with Gasteiger partial charge in [-0.1, -0.05) is 23.7 Å². The minimum Gasteiger partial charge on any atom is -0.370 e. The molecule has 0 unspecified atom stereocenters. The lowest BCUT2D eigenvalue weighted by Gasteiger charge is -2.03. The van der Waals surface area contributed by atoms with E-state index in [-0.39, 0.29) is 5.96 Å². The second-order valence-corrected chi connectivity index (χ2v) is 3.77. The minimum atomic E-state index is -0.0131. The molecule has 0 atom stereocenters. The van der Waals surface area contributed by atoms with Crippen molar-refractivity contribution in [3.63, 3.8) is 0 Å². The first-order valence-electron chi connectivity index (χ1n) is 5.24. The maximum absolute atomic E-state index is 5.79. The molecule has 0 radical (unpaired) electrons. The molecule has 5 nitrogen and oxygen atoms in total. The van der Waals surface area contributed by atoms with E-state index in [4.69, 9.17) is 23.1 Å². The molecule has 6 heteroatoms. The fourth-order valence-electron chi connectivity index (χ4n) is 1.17. The minimum absolute atomic E-state index is 0.0131. The topological polar surface area (TPSA) is 88.8 Å². The Labute approximate surface area is 106 Å². The van der Waals surface area contributed by atoms with E-state index < -0.39 is 0 Å². The highest BCUT2D eigenvalue weighted by atomic mass is 35.5. The van der Waals surface area contributed by atoms with Gasteiger partial charge in [0.25, 0.3) is 0 Å². The maximum Gasteiger partial charge on any atom is 0.221 e. The second-order valence-electron chi connectivity index (χ2n) is 3.33. The number of hydrogen-bond acceptors (Lipinski definition) is 1. The third-order valence-electron chi connectivity index (χ3n) is 1.89. The summed E-state index contributed by atoms with van der Waals surface area (Å²) in [5.74, 6) is 0.420. The number of rotatable bonds is 3. The number of nitrogens with one attached hydrogen (secondary N) is 1. The van der Waals surface area contributed by atoms with Crippen LogP contribution in [-0.4, -0.2) is 18.5 Å². The molecular weight excluding hydrogens is 238 g/mol. The standard InChI is InChI=1S/C11H16ClN5/c1-2-15-11(17-10(13)14)16-7-8-3-5-9(12)6-4-8/h3-6H,2,7H2,1H3,(H5,13,14,15,16,17). The molecule has 0 spiro atoms. The Morgan fingerprint density at radius 3 is 2.47 bits per heavy atom. The van der Waals surface area contributed by atoms with E-state index in [1.165, 1.54) is 0 Å². The van der Waals surface area contributed by atoms with Gasteiger partial charge in [0.1, 0.15) is 0 Å². The lowest BCUT2D eigenvalue weighted by Crippen LogP contribution is -2.29. The smallest absolute Gasteiger partial charge is 0.221 e. The summed E-state index contributed by atoms with van der Waals surface area (Å²) >= 11 is 5.79. The summed E-state index contributed by atoms with van der Waals surface area (Å²) in [6.45, 7) is 3.15. The largest absolute Gasteiger partial charge is 0.370 e. The summed E-state index contributed by atoms with van der Waals surface area (Å²) in [6.07, 6.45) is 0. The third-order valence-corrected chi connectivity index (χ3v) is 2.15. The molecule has 92 valence electrons. The van der Waals surface area contributed by atoms with Crippen LogP contribution in [0.2, 0.25) is 5.02 Å². The van der Waals surface area contributed by atoms with E-state index in [9.17, 15) is 0 Å². The molecular formula is C11H16ClN5. The summed E-state index contributed by atoms with van der Waals surface area (Å²) in [6, 6.07) is 7.45. The van der Waals surface area contributed by atoms with E-state index in [1.807, 2.05) is 31.2 Å². The number of nitrogens with two attached hydrogens (primary N) is 2. The number of aliphatic imine (C=N–C) groups is 2. The molecule has 1 rings (SSSR count). The Bertz CT molecular complexity index is 406. The van der Waals surface area contributed by atoms with Crippen LogP contribution in [0.3, 0.4) is 0 Å². The van der Waals surface area contributed by atoms with E-state index in [1.54, 1.807) is 0 Å². The van der Waals surface area contributed by atoms with Crippen molar-refractivity contribution in [2.24, 2.45) is 21.5 Å². The van der Waals surface area contributed by atoms with Crippen molar-refractivity contribution in [2.45, 2.75) is 13.5 Å². The first-order valence-corrected chi connectivity index (χ1v) is 5.62. The van der Waals surface area contributed by atoms with Crippen molar-refractivity contribution < 1.29 is 0 Å². The lowest BCUT2D eigenvalue weighted by molar-refractivity contribution is 0.924. The molecule has 0 saturated carbocycles. The predicted octanol–water partition coefficient (Wildman–Crippen LogP) is 1.08. The molecule has 1 aromatic rings. The van der Waals surface area contributed by atoms with Crippen LogP contribution >= 0.6 is 11.6 Å². The zero-order valence-corrected chi connectivity index (χ0v) is 10.4. The summed E-state index contributed by atoms with van der Waals surface area (Å²) in [5, 5.41) is 3.67. The van der Waals surface area contributed by atoms with Gasteiger partial charge in [-0.25, -0.2) is 4.99 Å². The van der Waals surface area contributed by atoms with Crippen LogP contribution < -0.4 is 16.8 Å². The first kappa shape index (κ1) is 13.3. The van der Waals surface area contributed by atoms with E-state index in [0.29, 0.717) is 24.1 Å². The van der Waals surface area contributed by atoms with Gasteiger partial charge in [0, 0.05) is 11.6 Å². The summed E-state index contributed by atoms with van der Waals surface area (Å²) in [5.41, 5.74) is 11.6. The van der Waals surface area contributed by atoms with Gasteiger partial charge < -0.3 is 16.8 Å². The van der Waals surface area contributed by atoms with Crippen molar-refractivity contribution in [3.8, 4) is 0 Å². The van der Waals surface area contributed by atoms with E-state index in [0.717, 1.165) is 5.56 Å². The first-order chi connectivity index (χ1) is 8.11. The maximum atomic E-state index is 5.79. The van der Waals surface area contributed by atoms with Gasteiger partial charge in [-0.2, -0.15) is 4.99 Å². The number of halogens is 1. The Kier molecular flexibility index (Phi) is 5.29. The van der Waals surface area contributed by atoms with Crippen LogP contribution in [0.5, 0.6) is 0 Å². The average Bonchev–Trinajstić information content (AvgIpc) is 2.27. The number of guanidine groups is 2. The van der Waals surface area contributed by atoms with Crippen LogP contribution in [0.4, 0.5) is 0 Å². The van der Waals surface area contributed by atoms with Crippen molar-refractivity contribution in [3.05, 3.63) is 34.9 Å². The second kappa shape index (κ2) is 6.75. The molecule has 0 amide bonds.